The highest BCUT2D eigenvalue weighted by atomic mass is 79.9. The summed E-state index contributed by atoms with van der Waals surface area (Å²) >= 11 is 3.43. The second-order valence-corrected chi connectivity index (χ2v) is 5.57. The van der Waals surface area contributed by atoms with Gasteiger partial charge in [0.25, 0.3) is 0 Å². The number of amides is 1. The van der Waals surface area contributed by atoms with Crippen molar-refractivity contribution >= 4 is 27.9 Å². The standard InChI is InChI=1S/C14H18BrN5O/c1-4-20-9-11(7-17-20)5-6-14(21)18(2)10-13-12(15)8-16-19(13)3/h5-9H,4,10H2,1-3H3/b6-5+. The summed E-state index contributed by atoms with van der Waals surface area (Å²) in [7, 11) is 3.62. The second kappa shape index (κ2) is 6.71. The number of aromatic nitrogens is 4. The van der Waals surface area contributed by atoms with Crippen LogP contribution >= 0.6 is 15.9 Å². The van der Waals surface area contributed by atoms with Gasteiger partial charge in [0, 0.05) is 38.5 Å². The molecule has 0 radical (unpaired) electrons. The van der Waals surface area contributed by atoms with Crippen molar-refractivity contribution in [1.82, 2.24) is 24.5 Å². The van der Waals surface area contributed by atoms with Crippen LogP contribution in [0.1, 0.15) is 18.2 Å². The van der Waals surface area contributed by atoms with Gasteiger partial charge in [-0.25, -0.2) is 0 Å². The third kappa shape index (κ3) is 3.81. The molecule has 0 aliphatic heterocycles. The van der Waals surface area contributed by atoms with Gasteiger partial charge in [-0.3, -0.25) is 14.2 Å². The van der Waals surface area contributed by atoms with E-state index < -0.39 is 0 Å². The Labute approximate surface area is 132 Å². The molecule has 112 valence electrons. The first kappa shape index (κ1) is 15.5. The van der Waals surface area contributed by atoms with Crippen LogP contribution in [0.3, 0.4) is 0 Å². The molecule has 1 amide bonds. The number of nitrogens with zero attached hydrogens (tertiary/aromatic N) is 5. The van der Waals surface area contributed by atoms with E-state index in [9.17, 15) is 4.79 Å². The molecule has 0 aliphatic rings. The van der Waals surface area contributed by atoms with Gasteiger partial charge in [-0.05, 0) is 28.9 Å². The Hall–Kier alpha value is -1.89. The average Bonchev–Trinajstić information content (AvgIpc) is 3.06. The van der Waals surface area contributed by atoms with Crippen molar-refractivity contribution in [3.8, 4) is 0 Å². The minimum atomic E-state index is -0.0626. The van der Waals surface area contributed by atoms with Crippen LogP contribution in [0.2, 0.25) is 0 Å². The minimum absolute atomic E-state index is 0.0626. The van der Waals surface area contributed by atoms with Crippen molar-refractivity contribution in [2.24, 2.45) is 7.05 Å². The molecule has 0 spiro atoms. The summed E-state index contributed by atoms with van der Waals surface area (Å²) in [4.78, 5) is 13.7. The molecule has 21 heavy (non-hydrogen) atoms. The van der Waals surface area contributed by atoms with E-state index >= 15 is 0 Å². The van der Waals surface area contributed by atoms with Crippen molar-refractivity contribution < 1.29 is 4.79 Å². The topological polar surface area (TPSA) is 56.0 Å². The molecule has 2 aromatic heterocycles. The monoisotopic (exact) mass is 351 g/mol. The molecular formula is C14H18BrN5O. The lowest BCUT2D eigenvalue weighted by Crippen LogP contribution is -2.25. The molecule has 2 aromatic rings. The molecule has 6 nitrogen and oxygen atoms in total. The van der Waals surface area contributed by atoms with Gasteiger partial charge < -0.3 is 4.90 Å². The maximum absolute atomic E-state index is 12.1. The van der Waals surface area contributed by atoms with Crippen molar-refractivity contribution in [2.45, 2.75) is 20.0 Å². The SMILES string of the molecule is CCn1cc(/C=C/C(=O)N(C)Cc2c(Br)cnn2C)cn1. The fourth-order valence-corrected chi connectivity index (χ4v) is 2.32. The van der Waals surface area contributed by atoms with Gasteiger partial charge in [0.15, 0.2) is 0 Å². The lowest BCUT2D eigenvalue weighted by Gasteiger charge is -2.15. The summed E-state index contributed by atoms with van der Waals surface area (Å²) in [5, 5.41) is 8.30. The molecule has 0 aliphatic carbocycles. The summed E-state index contributed by atoms with van der Waals surface area (Å²) in [6.07, 6.45) is 8.70. The van der Waals surface area contributed by atoms with Crippen molar-refractivity contribution in [3.63, 3.8) is 0 Å². The van der Waals surface area contributed by atoms with Crippen LogP contribution in [0.4, 0.5) is 0 Å². The van der Waals surface area contributed by atoms with Crippen molar-refractivity contribution in [1.29, 1.82) is 0 Å². The van der Waals surface area contributed by atoms with E-state index in [0.29, 0.717) is 6.54 Å². The highest BCUT2D eigenvalue weighted by Gasteiger charge is 2.12. The maximum atomic E-state index is 12.1. The molecule has 0 fully saturated rings. The van der Waals surface area contributed by atoms with Crippen LogP contribution in [0, 0.1) is 0 Å². The fourth-order valence-electron chi connectivity index (χ4n) is 1.85. The summed E-state index contributed by atoms with van der Waals surface area (Å²) in [6, 6.07) is 0. The number of carbonyl (C=O) groups is 1. The molecule has 2 heterocycles. The average molecular weight is 352 g/mol. The lowest BCUT2D eigenvalue weighted by atomic mass is 10.3. The molecule has 0 saturated heterocycles. The zero-order valence-electron chi connectivity index (χ0n) is 12.3. The number of hydrogen-bond acceptors (Lipinski definition) is 3. The van der Waals surface area contributed by atoms with Gasteiger partial charge in [-0.2, -0.15) is 10.2 Å². The maximum Gasteiger partial charge on any atom is 0.246 e. The van der Waals surface area contributed by atoms with Gasteiger partial charge in [0.1, 0.15) is 0 Å². The summed E-state index contributed by atoms with van der Waals surface area (Å²) in [6.45, 7) is 3.33. The first-order valence-electron chi connectivity index (χ1n) is 6.63. The predicted molar refractivity (Wildman–Crippen MR) is 84.3 cm³/mol. The van der Waals surface area contributed by atoms with Crippen LogP contribution < -0.4 is 0 Å². The number of likely N-dealkylation sites (N-methyl/N-ethyl adjacent to an activating group) is 1. The van der Waals surface area contributed by atoms with Gasteiger partial charge >= 0.3 is 0 Å². The molecule has 0 N–H and O–H groups in total. The van der Waals surface area contributed by atoms with Gasteiger partial charge in [0.2, 0.25) is 5.91 Å². The summed E-state index contributed by atoms with van der Waals surface area (Å²) < 4.78 is 4.47. The highest BCUT2D eigenvalue weighted by Crippen LogP contribution is 2.16. The highest BCUT2D eigenvalue weighted by molar-refractivity contribution is 9.10. The molecule has 0 atom stereocenters. The Morgan fingerprint density at radius 3 is 2.76 bits per heavy atom. The third-order valence-electron chi connectivity index (χ3n) is 3.17. The van der Waals surface area contributed by atoms with Crippen molar-refractivity contribution in [2.75, 3.05) is 7.05 Å². The fraction of sp³-hybridized carbons (Fsp3) is 0.357. The Morgan fingerprint density at radius 2 is 2.19 bits per heavy atom. The van der Waals surface area contributed by atoms with E-state index in [4.69, 9.17) is 0 Å². The third-order valence-corrected chi connectivity index (χ3v) is 3.83. The van der Waals surface area contributed by atoms with Crippen LogP contribution in [0.5, 0.6) is 0 Å². The minimum Gasteiger partial charge on any atom is -0.336 e. The van der Waals surface area contributed by atoms with Crippen LogP contribution in [-0.2, 0) is 24.9 Å². The van der Waals surface area contributed by atoms with Crippen LogP contribution in [0.25, 0.3) is 6.08 Å². The van der Waals surface area contributed by atoms with E-state index in [1.807, 2.05) is 24.9 Å². The Kier molecular flexibility index (Phi) is 4.95. The zero-order chi connectivity index (χ0) is 15.4. The molecular weight excluding hydrogens is 334 g/mol. The Balaban J connectivity index is 1.99. The largest absolute Gasteiger partial charge is 0.336 e. The number of aryl methyl sites for hydroxylation is 2. The molecule has 7 heteroatoms. The number of hydrogen-bond donors (Lipinski definition) is 0. The molecule has 0 saturated carbocycles. The number of carbonyl (C=O) groups excluding carboxylic acids is 1. The first-order valence-corrected chi connectivity index (χ1v) is 7.42. The van der Waals surface area contributed by atoms with Crippen LogP contribution in [0.15, 0.2) is 29.1 Å². The molecule has 0 unspecified atom stereocenters. The predicted octanol–water partition coefficient (Wildman–Crippen LogP) is 2.07. The van der Waals surface area contributed by atoms with E-state index in [-0.39, 0.29) is 5.91 Å². The molecule has 0 bridgehead atoms. The summed E-state index contributed by atoms with van der Waals surface area (Å²) in [5.74, 6) is -0.0626. The summed E-state index contributed by atoms with van der Waals surface area (Å²) in [5.41, 5.74) is 1.87. The zero-order valence-corrected chi connectivity index (χ0v) is 13.9. The van der Waals surface area contributed by atoms with E-state index in [1.54, 1.807) is 41.2 Å². The van der Waals surface area contributed by atoms with E-state index in [2.05, 4.69) is 26.1 Å². The normalized spacial score (nSPS) is 11.2. The Morgan fingerprint density at radius 1 is 1.43 bits per heavy atom. The van der Waals surface area contributed by atoms with E-state index in [1.165, 1.54) is 0 Å². The first-order chi connectivity index (χ1) is 10.0. The smallest absolute Gasteiger partial charge is 0.246 e. The lowest BCUT2D eigenvalue weighted by molar-refractivity contribution is -0.125. The van der Waals surface area contributed by atoms with Crippen molar-refractivity contribution in [3.05, 3.63) is 40.4 Å². The number of rotatable bonds is 5. The van der Waals surface area contributed by atoms with Gasteiger partial charge in [-0.15, -0.1) is 0 Å². The van der Waals surface area contributed by atoms with Gasteiger partial charge in [0.05, 0.1) is 29.1 Å². The van der Waals surface area contributed by atoms with Gasteiger partial charge in [-0.1, -0.05) is 0 Å². The second-order valence-electron chi connectivity index (χ2n) is 4.72. The molecule has 0 aromatic carbocycles. The quantitative estimate of drug-likeness (QED) is 0.774. The van der Waals surface area contributed by atoms with E-state index in [0.717, 1.165) is 22.3 Å². The molecule has 2 rings (SSSR count). The Bertz CT molecular complexity index is 639. The van der Waals surface area contributed by atoms with Crippen LogP contribution in [-0.4, -0.2) is 37.4 Å². The number of halogens is 1.